The number of rotatable bonds is 10. The van der Waals surface area contributed by atoms with E-state index in [1.54, 1.807) is 7.05 Å². The minimum atomic E-state index is -1.34. The lowest BCUT2D eigenvalue weighted by atomic mass is 10.0. The van der Waals surface area contributed by atoms with Gasteiger partial charge in [-0.1, -0.05) is 28.5 Å². The molecule has 0 radical (unpaired) electrons. The van der Waals surface area contributed by atoms with Gasteiger partial charge in [0, 0.05) is 24.1 Å². The zero-order valence-corrected chi connectivity index (χ0v) is 21.7. The maximum absolute atomic E-state index is 13.1. The highest BCUT2D eigenvalue weighted by atomic mass is 35.5. The van der Waals surface area contributed by atoms with Gasteiger partial charge < -0.3 is 25.5 Å². The van der Waals surface area contributed by atoms with Gasteiger partial charge in [0.15, 0.2) is 5.71 Å². The van der Waals surface area contributed by atoms with E-state index in [0.29, 0.717) is 10.7 Å². The number of hydrogen-bond acceptors (Lipinski definition) is 12. The van der Waals surface area contributed by atoms with Crippen molar-refractivity contribution in [1.82, 2.24) is 30.4 Å². The van der Waals surface area contributed by atoms with Crippen molar-refractivity contribution in [3.05, 3.63) is 40.1 Å². The number of carboxylic acid groups (broad SMARTS) is 2. The molecule has 38 heavy (non-hydrogen) atoms. The van der Waals surface area contributed by atoms with Crippen molar-refractivity contribution in [2.24, 2.45) is 12.2 Å². The number of nitrogens with zero attached hydrogens (tertiary/aromatic N) is 6. The maximum Gasteiger partial charge on any atom is 0.352 e. The quantitative estimate of drug-likeness (QED) is 0.125. The normalized spacial score (nSPS) is 19.1. The Kier molecular flexibility index (Phi) is 8.08. The molecule has 2 amide bonds. The van der Waals surface area contributed by atoms with Gasteiger partial charge in [0.25, 0.3) is 11.8 Å². The molecule has 1 saturated heterocycles. The van der Waals surface area contributed by atoms with E-state index >= 15 is 0 Å². The number of tetrazole rings is 1. The molecule has 2 unspecified atom stereocenters. The second kappa shape index (κ2) is 11.3. The molecule has 200 valence electrons. The van der Waals surface area contributed by atoms with Gasteiger partial charge in [-0.2, -0.15) is 0 Å². The van der Waals surface area contributed by atoms with Crippen LogP contribution < -0.4 is 5.32 Å². The minimum absolute atomic E-state index is 0.0827. The number of carbonyl (C=O) groups is 4. The molecule has 0 aliphatic carbocycles. The van der Waals surface area contributed by atoms with Crippen molar-refractivity contribution < 1.29 is 39.3 Å². The fourth-order valence-electron chi connectivity index (χ4n) is 3.53. The number of phenolic OH excluding ortho intramolecular Hbond substituents is 1. The van der Waals surface area contributed by atoms with Crippen LogP contribution in [0.25, 0.3) is 0 Å². The van der Waals surface area contributed by atoms with Crippen molar-refractivity contribution in [3.8, 4) is 5.75 Å². The van der Waals surface area contributed by atoms with Crippen molar-refractivity contribution >= 4 is 64.6 Å². The Morgan fingerprint density at radius 3 is 2.74 bits per heavy atom. The van der Waals surface area contributed by atoms with E-state index in [2.05, 4.69) is 26.0 Å². The SMILES string of the molecule is Cn1nnnc1SCC1=C(C(=O)O)N2C(=O)C(NC(=O)/C(=N/OCC(=O)O)c3ccc(O)c(Cl)c3)C2SC1. The Balaban J connectivity index is 1.52. The molecule has 0 spiro atoms. The zero-order chi connectivity index (χ0) is 27.6. The molecule has 0 bridgehead atoms. The molecule has 3 heterocycles. The zero-order valence-electron chi connectivity index (χ0n) is 19.3. The molecule has 18 heteroatoms. The predicted octanol–water partition coefficient (Wildman–Crippen LogP) is -0.0947. The van der Waals surface area contributed by atoms with Crippen molar-refractivity contribution in [1.29, 1.82) is 0 Å². The van der Waals surface area contributed by atoms with Crippen LogP contribution >= 0.6 is 35.1 Å². The predicted molar refractivity (Wildman–Crippen MR) is 132 cm³/mol. The van der Waals surface area contributed by atoms with Crippen LogP contribution in [0.3, 0.4) is 0 Å². The van der Waals surface area contributed by atoms with Gasteiger partial charge in [-0.05, 0) is 34.2 Å². The Morgan fingerprint density at radius 1 is 1.34 bits per heavy atom. The van der Waals surface area contributed by atoms with E-state index in [1.165, 1.54) is 46.4 Å². The van der Waals surface area contributed by atoms with Crippen LogP contribution in [-0.2, 0) is 31.1 Å². The van der Waals surface area contributed by atoms with Gasteiger partial charge in [-0.3, -0.25) is 14.5 Å². The van der Waals surface area contributed by atoms with Crippen LogP contribution in [0.4, 0.5) is 0 Å². The number of benzene rings is 1. The first-order valence-electron chi connectivity index (χ1n) is 10.5. The van der Waals surface area contributed by atoms with E-state index in [9.17, 15) is 29.4 Å². The van der Waals surface area contributed by atoms with E-state index in [-0.39, 0.29) is 33.5 Å². The number of aromatic nitrogens is 4. The highest BCUT2D eigenvalue weighted by Crippen LogP contribution is 2.41. The van der Waals surface area contributed by atoms with Crippen LogP contribution in [0, 0.1) is 0 Å². The number of halogens is 1. The number of hydrogen-bond donors (Lipinski definition) is 4. The standard InChI is InChI=1S/C20H18ClN7O8S2/c1-27-20(23-25-26-27)38-7-9-6-37-18-14(17(33)28(18)15(9)19(34)35)22-16(32)13(24-36-5-12(30)31)8-2-3-11(29)10(21)4-8/h2-4,14,18,29H,5-7H2,1H3,(H,22,32)(H,30,31)(H,34,35)/b24-13+. The largest absolute Gasteiger partial charge is 0.506 e. The van der Waals surface area contributed by atoms with Gasteiger partial charge in [0.2, 0.25) is 11.8 Å². The summed E-state index contributed by atoms with van der Waals surface area (Å²) in [5.41, 5.74) is 0.00621. The number of thioether (sulfide) groups is 2. The molecule has 15 nitrogen and oxygen atoms in total. The highest BCUT2D eigenvalue weighted by Gasteiger charge is 2.54. The van der Waals surface area contributed by atoms with Gasteiger partial charge in [-0.25, -0.2) is 14.3 Å². The molecule has 1 aromatic carbocycles. The molecule has 2 aliphatic rings. The number of aromatic hydroxyl groups is 1. The first-order chi connectivity index (χ1) is 18.1. The molecular formula is C20H18ClN7O8S2. The number of nitrogens with one attached hydrogen (secondary N) is 1. The Bertz CT molecular complexity index is 1380. The van der Waals surface area contributed by atoms with Crippen LogP contribution in [0.15, 0.2) is 39.8 Å². The minimum Gasteiger partial charge on any atom is -0.506 e. The third-order valence-corrected chi connectivity index (χ3v) is 8.01. The van der Waals surface area contributed by atoms with E-state index in [0.717, 1.165) is 4.90 Å². The summed E-state index contributed by atoms with van der Waals surface area (Å²) >= 11 is 8.41. The first kappa shape index (κ1) is 27.2. The average Bonchev–Trinajstić information content (AvgIpc) is 3.29. The van der Waals surface area contributed by atoms with Gasteiger partial charge in [0.05, 0.1) is 5.02 Å². The number of carboxylic acids is 2. The summed E-state index contributed by atoms with van der Waals surface area (Å²) in [5, 5.41) is 45.2. The van der Waals surface area contributed by atoms with E-state index in [4.69, 9.17) is 21.5 Å². The van der Waals surface area contributed by atoms with E-state index in [1.807, 2.05) is 0 Å². The maximum atomic E-state index is 13.1. The Morgan fingerprint density at radius 2 is 2.11 bits per heavy atom. The number of β-lactam (4-membered cyclic amide) rings is 1. The second-order valence-electron chi connectivity index (χ2n) is 7.77. The molecule has 2 atom stereocenters. The summed E-state index contributed by atoms with van der Waals surface area (Å²) < 4.78 is 1.44. The number of fused-ring (bicyclic) bond motifs is 1. The molecular weight excluding hydrogens is 566 g/mol. The average molecular weight is 584 g/mol. The fraction of sp³-hybridized carbons (Fsp3) is 0.300. The third kappa shape index (κ3) is 5.53. The second-order valence-corrected chi connectivity index (χ2v) is 10.2. The number of aryl methyl sites for hydroxylation is 1. The lowest BCUT2D eigenvalue weighted by molar-refractivity contribution is -0.150. The van der Waals surface area contributed by atoms with Crippen LogP contribution in [0.2, 0.25) is 5.02 Å². The number of aliphatic carboxylic acids is 2. The fourth-order valence-corrected chi connectivity index (χ4v) is 6.05. The lowest BCUT2D eigenvalue weighted by Gasteiger charge is -2.49. The van der Waals surface area contributed by atoms with Gasteiger partial charge in [-0.15, -0.1) is 16.9 Å². The number of oxime groups is 1. The summed E-state index contributed by atoms with van der Waals surface area (Å²) in [6.45, 7) is -0.838. The van der Waals surface area contributed by atoms with Crippen molar-refractivity contribution in [2.75, 3.05) is 18.1 Å². The molecule has 4 rings (SSSR count). The monoisotopic (exact) mass is 583 g/mol. The molecule has 1 fully saturated rings. The van der Waals surface area contributed by atoms with Gasteiger partial charge in [0.1, 0.15) is 22.9 Å². The van der Waals surface area contributed by atoms with E-state index < -0.39 is 47.5 Å². The van der Waals surface area contributed by atoms with Gasteiger partial charge >= 0.3 is 11.9 Å². The number of phenols is 1. The lowest BCUT2D eigenvalue weighted by Crippen LogP contribution is -2.71. The summed E-state index contributed by atoms with van der Waals surface area (Å²) in [6, 6.07) is 2.63. The molecule has 0 saturated carbocycles. The Hall–Kier alpha value is -3.83. The third-order valence-electron chi connectivity index (χ3n) is 5.27. The Labute approximate surface area is 226 Å². The molecule has 4 N–H and O–H groups in total. The topological polar surface area (TPSA) is 209 Å². The summed E-state index contributed by atoms with van der Waals surface area (Å²) in [5.74, 6) is -3.92. The highest BCUT2D eigenvalue weighted by molar-refractivity contribution is 8.01. The summed E-state index contributed by atoms with van der Waals surface area (Å²) in [4.78, 5) is 54.8. The van der Waals surface area contributed by atoms with Crippen LogP contribution in [-0.4, -0.2) is 99.4 Å². The first-order valence-corrected chi connectivity index (χ1v) is 13.0. The van der Waals surface area contributed by atoms with Crippen LogP contribution in [0.5, 0.6) is 5.75 Å². The molecule has 2 aliphatic heterocycles. The molecule has 1 aromatic heterocycles. The molecule has 2 aromatic rings. The smallest absolute Gasteiger partial charge is 0.352 e. The summed E-state index contributed by atoms with van der Waals surface area (Å²) in [7, 11) is 1.64. The number of amides is 2. The van der Waals surface area contributed by atoms with Crippen molar-refractivity contribution in [2.45, 2.75) is 16.6 Å². The number of carbonyl (C=O) groups excluding carboxylic acids is 2. The van der Waals surface area contributed by atoms with Crippen molar-refractivity contribution in [3.63, 3.8) is 0 Å². The summed E-state index contributed by atoms with van der Waals surface area (Å²) in [6.07, 6.45) is 0. The van der Waals surface area contributed by atoms with Crippen LogP contribution in [0.1, 0.15) is 5.56 Å².